The first kappa shape index (κ1) is 37.0. The van der Waals surface area contributed by atoms with Gasteiger partial charge in [-0.15, -0.1) is 0 Å². The fraction of sp³-hybridized carbons (Fsp3) is 0.0476. The van der Waals surface area contributed by atoms with Gasteiger partial charge in [-0.2, -0.15) is 0 Å². The number of rotatable bonds is 5. The molecule has 3 heteroatoms. The van der Waals surface area contributed by atoms with E-state index in [1.165, 1.54) is 76.5 Å². The number of anilines is 3. The van der Waals surface area contributed by atoms with Crippen LogP contribution in [0.5, 0.6) is 0 Å². The minimum Gasteiger partial charge on any atom is -0.456 e. The topological polar surface area (TPSA) is 21.3 Å². The van der Waals surface area contributed by atoms with Gasteiger partial charge in [0.15, 0.2) is 0 Å². The zero-order valence-electron chi connectivity index (χ0n) is 36.6. The molecule has 14 rings (SSSR count). The largest absolute Gasteiger partial charge is 0.456 e. The number of benzene rings is 11. The van der Waals surface area contributed by atoms with Crippen molar-refractivity contribution in [2.75, 3.05) is 4.90 Å². The molecule has 3 nitrogen and oxygen atoms in total. The summed E-state index contributed by atoms with van der Waals surface area (Å²) < 4.78 is 9.25. The Morgan fingerprint density at radius 3 is 1.71 bits per heavy atom. The standard InChI is InChI=1S/C63H42N2O/c1-63(2)54-25-13-10-22-49(54)50-35-33-43(37-55(50)63)64(40-16-4-3-5-17-40)41-29-31-42(32-30-41)65-56-26-14-11-23-51(56)61-57(65)38-59-62(52-24-12-15-27-58(52)66-59)60(61)39-28-34-48-46-20-7-6-18-44(46)45-19-8-9-21-47(45)53(48)36-39/h3-38H,1-2H3. The van der Waals surface area contributed by atoms with Crippen molar-refractivity contribution in [3.63, 3.8) is 0 Å². The molecule has 0 atom stereocenters. The highest BCUT2D eigenvalue weighted by Crippen LogP contribution is 2.51. The first-order valence-electron chi connectivity index (χ1n) is 22.9. The molecule has 0 amide bonds. The van der Waals surface area contributed by atoms with Crippen molar-refractivity contribution in [1.82, 2.24) is 4.57 Å². The Morgan fingerprint density at radius 1 is 0.379 bits per heavy atom. The second-order valence-corrected chi connectivity index (χ2v) is 18.4. The molecule has 0 unspecified atom stereocenters. The highest BCUT2D eigenvalue weighted by atomic mass is 16.3. The van der Waals surface area contributed by atoms with E-state index in [1.807, 2.05) is 0 Å². The van der Waals surface area contributed by atoms with Gasteiger partial charge in [0.05, 0.1) is 11.0 Å². The molecule has 1 aliphatic carbocycles. The van der Waals surface area contributed by atoms with Crippen molar-refractivity contribution in [2.45, 2.75) is 19.3 Å². The third-order valence-electron chi connectivity index (χ3n) is 14.5. The number of hydrogen-bond acceptors (Lipinski definition) is 2. The predicted molar refractivity (Wildman–Crippen MR) is 278 cm³/mol. The molecule has 0 radical (unpaired) electrons. The van der Waals surface area contributed by atoms with E-state index in [4.69, 9.17) is 4.42 Å². The third-order valence-corrected chi connectivity index (χ3v) is 14.5. The Hall–Kier alpha value is -8.40. The molecular formula is C63H42N2O. The minimum atomic E-state index is -0.107. The zero-order valence-corrected chi connectivity index (χ0v) is 36.6. The number of para-hydroxylation sites is 3. The second-order valence-electron chi connectivity index (χ2n) is 18.4. The van der Waals surface area contributed by atoms with Crippen LogP contribution in [0.15, 0.2) is 223 Å². The first-order chi connectivity index (χ1) is 32.5. The third kappa shape index (κ3) is 5.20. The molecular weight excluding hydrogens is 801 g/mol. The Kier molecular flexibility index (Phi) is 7.74. The number of fused-ring (bicyclic) bond motifs is 15. The van der Waals surface area contributed by atoms with Crippen molar-refractivity contribution in [3.8, 4) is 27.9 Å². The number of aromatic nitrogens is 1. The Labute approximate surface area is 382 Å². The molecule has 0 fully saturated rings. The van der Waals surface area contributed by atoms with Gasteiger partial charge in [-0.3, -0.25) is 0 Å². The summed E-state index contributed by atoms with van der Waals surface area (Å²) >= 11 is 0. The Bertz CT molecular complexity index is 4100. The molecule has 0 N–H and O–H groups in total. The van der Waals surface area contributed by atoms with Crippen LogP contribution >= 0.6 is 0 Å². The molecule has 2 aromatic heterocycles. The predicted octanol–water partition coefficient (Wildman–Crippen LogP) is 17.6. The van der Waals surface area contributed by atoms with E-state index in [0.29, 0.717) is 0 Å². The van der Waals surface area contributed by atoms with Crippen LogP contribution in [-0.2, 0) is 5.41 Å². The van der Waals surface area contributed by atoms with Crippen molar-refractivity contribution in [2.24, 2.45) is 0 Å². The normalized spacial score (nSPS) is 13.1. The summed E-state index contributed by atoms with van der Waals surface area (Å²) in [6.45, 7) is 4.70. The minimum absolute atomic E-state index is 0.107. The van der Waals surface area contributed by atoms with Crippen LogP contribution in [0.2, 0.25) is 0 Å². The summed E-state index contributed by atoms with van der Waals surface area (Å²) in [5, 5.41) is 12.3. The monoisotopic (exact) mass is 842 g/mol. The van der Waals surface area contributed by atoms with E-state index < -0.39 is 0 Å². The van der Waals surface area contributed by atoms with Gasteiger partial charge in [0.2, 0.25) is 0 Å². The smallest absolute Gasteiger partial charge is 0.138 e. The van der Waals surface area contributed by atoms with E-state index >= 15 is 0 Å². The summed E-state index contributed by atoms with van der Waals surface area (Å²) in [7, 11) is 0. The number of hydrogen-bond donors (Lipinski definition) is 0. The molecule has 0 bridgehead atoms. The van der Waals surface area contributed by atoms with Crippen molar-refractivity contribution in [3.05, 3.63) is 230 Å². The van der Waals surface area contributed by atoms with Gasteiger partial charge in [0.25, 0.3) is 0 Å². The number of furan rings is 1. The molecule has 0 saturated heterocycles. The van der Waals surface area contributed by atoms with Crippen LogP contribution in [0.1, 0.15) is 25.0 Å². The van der Waals surface area contributed by atoms with Crippen LogP contribution in [-0.4, -0.2) is 4.57 Å². The second kappa shape index (κ2) is 13.8. The number of nitrogens with zero attached hydrogens (tertiary/aromatic N) is 2. The van der Waals surface area contributed by atoms with Gasteiger partial charge in [0, 0.05) is 61.3 Å². The summed E-state index contributed by atoms with van der Waals surface area (Å²) in [4.78, 5) is 2.39. The lowest BCUT2D eigenvalue weighted by Crippen LogP contribution is -2.16. The Balaban J connectivity index is 0.990. The van der Waals surface area contributed by atoms with Gasteiger partial charge < -0.3 is 13.9 Å². The quantitative estimate of drug-likeness (QED) is 0.161. The SMILES string of the molecule is CC1(C)c2ccccc2-c2ccc(N(c3ccccc3)c3ccc(-n4c5ccccc5c5c(-c6ccc7c8ccccc8c8ccccc8c7c6)c6c(cc54)oc4ccccc46)cc3)cc21. The average Bonchev–Trinajstić information content (AvgIpc) is 3.99. The molecule has 11 aromatic carbocycles. The molecule has 310 valence electrons. The van der Waals surface area contributed by atoms with Crippen LogP contribution < -0.4 is 4.90 Å². The highest BCUT2D eigenvalue weighted by Gasteiger charge is 2.36. The molecule has 1 aliphatic rings. The fourth-order valence-corrected chi connectivity index (χ4v) is 11.6. The van der Waals surface area contributed by atoms with Gasteiger partial charge in [-0.05, 0) is 127 Å². The molecule has 66 heavy (non-hydrogen) atoms. The van der Waals surface area contributed by atoms with Crippen molar-refractivity contribution in [1.29, 1.82) is 0 Å². The van der Waals surface area contributed by atoms with Gasteiger partial charge in [-0.25, -0.2) is 0 Å². The van der Waals surface area contributed by atoms with Gasteiger partial charge >= 0.3 is 0 Å². The maximum Gasteiger partial charge on any atom is 0.138 e. The average molecular weight is 843 g/mol. The van der Waals surface area contributed by atoms with E-state index in [9.17, 15) is 0 Å². The zero-order chi connectivity index (χ0) is 43.7. The van der Waals surface area contributed by atoms with Crippen LogP contribution in [0.25, 0.3) is 104 Å². The lowest BCUT2D eigenvalue weighted by Gasteiger charge is -2.28. The molecule has 0 aliphatic heterocycles. The first-order valence-corrected chi connectivity index (χ1v) is 22.9. The summed E-state index contributed by atoms with van der Waals surface area (Å²) in [5.41, 5.74) is 16.1. The van der Waals surface area contributed by atoms with Crippen molar-refractivity contribution < 1.29 is 4.42 Å². The van der Waals surface area contributed by atoms with E-state index in [0.717, 1.165) is 55.7 Å². The summed E-state index contributed by atoms with van der Waals surface area (Å²) in [5.74, 6) is 0. The van der Waals surface area contributed by atoms with Crippen LogP contribution in [0.3, 0.4) is 0 Å². The van der Waals surface area contributed by atoms with Crippen LogP contribution in [0.4, 0.5) is 17.1 Å². The Morgan fingerprint density at radius 2 is 0.955 bits per heavy atom. The molecule has 0 saturated carbocycles. The molecule has 0 spiro atoms. The van der Waals surface area contributed by atoms with Gasteiger partial charge in [-0.1, -0.05) is 159 Å². The lowest BCUT2D eigenvalue weighted by molar-refractivity contribution is 0.660. The summed E-state index contributed by atoms with van der Waals surface area (Å²) in [6.07, 6.45) is 0. The maximum absolute atomic E-state index is 6.82. The lowest BCUT2D eigenvalue weighted by atomic mass is 9.82. The molecule has 13 aromatic rings. The maximum atomic E-state index is 6.82. The van der Waals surface area contributed by atoms with E-state index in [1.54, 1.807) is 0 Å². The van der Waals surface area contributed by atoms with Crippen molar-refractivity contribution >= 4 is 93.1 Å². The van der Waals surface area contributed by atoms with Crippen LogP contribution in [0, 0.1) is 0 Å². The van der Waals surface area contributed by atoms with E-state index in [2.05, 4.69) is 242 Å². The highest BCUT2D eigenvalue weighted by molar-refractivity contribution is 6.29. The molecule has 2 heterocycles. The van der Waals surface area contributed by atoms with E-state index in [-0.39, 0.29) is 5.41 Å². The summed E-state index contributed by atoms with van der Waals surface area (Å²) in [6, 6.07) is 80.1. The van der Waals surface area contributed by atoms with Gasteiger partial charge in [0.1, 0.15) is 11.2 Å². The fourth-order valence-electron chi connectivity index (χ4n) is 11.6.